The molecule has 2 aromatic carbocycles. The highest BCUT2D eigenvalue weighted by Crippen LogP contribution is 2.32. The summed E-state index contributed by atoms with van der Waals surface area (Å²) in [7, 11) is 0. The fourth-order valence-electron chi connectivity index (χ4n) is 3.79. The van der Waals surface area contributed by atoms with Crippen LogP contribution in [0.4, 0.5) is 0 Å². The molecule has 0 unspecified atom stereocenters. The van der Waals surface area contributed by atoms with Crippen LogP contribution in [0.5, 0.6) is 0 Å². The second-order valence-corrected chi connectivity index (χ2v) is 8.61. The Kier molecular flexibility index (Phi) is 6.31. The summed E-state index contributed by atoms with van der Waals surface area (Å²) in [6, 6.07) is 22.3. The van der Waals surface area contributed by atoms with E-state index in [1.807, 2.05) is 50.2 Å². The summed E-state index contributed by atoms with van der Waals surface area (Å²) in [4.78, 5) is 17.4. The second-order valence-electron chi connectivity index (χ2n) is 7.63. The van der Waals surface area contributed by atoms with Crippen LogP contribution in [0.1, 0.15) is 41.8 Å². The Morgan fingerprint density at radius 2 is 1.77 bits per heavy atom. The molecule has 0 radical (unpaired) electrons. The van der Waals surface area contributed by atoms with Crippen molar-refractivity contribution in [2.24, 2.45) is 0 Å². The van der Waals surface area contributed by atoms with Crippen molar-refractivity contribution in [2.75, 3.05) is 6.54 Å². The van der Waals surface area contributed by atoms with Gasteiger partial charge in [-0.2, -0.15) is 0 Å². The summed E-state index contributed by atoms with van der Waals surface area (Å²) < 4.78 is 0. The molecule has 154 valence electrons. The maximum Gasteiger partial charge on any atom is 0.237 e. The molecule has 30 heavy (non-hydrogen) atoms. The van der Waals surface area contributed by atoms with Gasteiger partial charge < -0.3 is 15.6 Å². The molecule has 0 aliphatic heterocycles. The van der Waals surface area contributed by atoms with E-state index in [1.54, 1.807) is 11.3 Å². The predicted octanol–water partition coefficient (Wildman–Crippen LogP) is 5.22. The molecule has 0 fully saturated rings. The SMILES string of the molecule is C[C@H](NC[C@H](c1cccs1)c1c[nH]c2ccccc12)C(=O)N[C@@H](C)c1ccccc1. The van der Waals surface area contributed by atoms with E-state index >= 15 is 0 Å². The van der Waals surface area contributed by atoms with E-state index < -0.39 is 0 Å². The number of para-hydroxylation sites is 1. The van der Waals surface area contributed by atoms with Crippen LogP contribution in [0, 0.1) is 0 Å². The number of hydrogen-bond donors (Lipinski definition) is 3. The number of carbonyl (C=O) groups excluding carboxylic acids is 1. The largest absolute Gasteiger partial charge is 0.361 e. The molecule has 2 aromatic heterocycles. The Morgan fingerprint density at radius 3 is 2.53 bits per heavy atom. The van der Waals surface area contributed by atoms with Crippen LogP contribution in [-0.4, -0.2) is 23.5 Å². The van der Waals surface area contributed by atoms with Gasteiger partial charge in [-0.3, -0.25) is 4.79 Å². The molecule has 0 spiro atoms. The van der Waals surface area contributed by atoms with Crippen molar-refractivity contribution < 1.29 is 4.79 Å². The standard InChI is InChI=1S/C25H27N3OS/c1-17(19-9-4-3-5-10-19)28-25(29)18(2)26-16-22(24-13-8-14-30-24)21-15-27-23-12-7-6-11-20(21)23/h3-15,17-18,22,26-27H,16H2,1-2H3,(H,28,29)/t17-,18-,22-/m0/s1. The first-order valence-corrected chi connectivity index (χ1v) is 11.2. The second kappa shape index (κ2) is 9.28. The molecule has 5 heteroatoms. The highest BCUT2D eigenvalue weighted by atomic mass is 32.1. The summed E-state index contributed by atoms with van der Waals surface area (Å²) in [5.74, 6) is 0.193. The summed E-state index contributed by atoms with van der Waals surface area (Å²) in [6.07, 6.45) is 2.10. The van der Waals surface area contributed by atoms with Crippen LogP contribution in [0.25, 0.3) is 10.9 Å². The van der Waals surface area contributed by atoms with E-state index in [9.17, 15) is 4.79 Å². The molecule has 0 saturated carbocycles. The first-order valence-electron chi connectivity index (χ1n) is 10.3. The van der Waals surface area contributed by atoms with Gasteiger partial charge >= 0.3 is 0 Å². The third-order valence-electron chi connectivity index (χ3n) is 5.56. The molecular formula is C25H27N3OS. The zero-order valence-corrected chi connectivity index (χ0v) is 18.1. The minimum Gasteiger partial charge on any atom is -0.361 e. The van der Waals surface area contributed by atoms with E-state index in [0.717, 1.165) is 11.1 Å². The molecule has 1 amide bonds. The van der Waals surface area contributed by atoms with Gasteiger partial charge in [0.05, 0.1) is 12.1 Å². The number of amides is 1. The molecule has 4 rings (SSSR count). The van der Waals surface area contributed by atoms with Crippen LogP contribution in [0.3, 0.4) is 0 Å². The fraction of sp³-hybridized carbons (Fsp3) is 0.240. The summed E-state index contributed by atoms with van der Waals surface area (Å²) in [5.41, 5.74) is 3.50. The molecule has 3 N–H and O–H groups in total. The van der Waals surface area contributed by atoms with Gasteiger partial charge in [0.25, 0.3) is 0 Å². The molecule has 0 bridgehead atoms. The number of fused-ring (bicyclic) bond motifs is 1. The van der Waals surface area contributed by atoms with Crippen LogP contribution in [0.2, 0.25) is 0 Å². The van der Waals surface area contributed by atoms with E-state index in [2.05, 4.69) is 57.5 Å². The van der Waals surface area contributed by atoms with Crippen LogP contribution in [-0.2, 0) is 4.79 Å². The highest BCUT2D eigenvalue weighted by Gasteiger charge is 2.22. The lowest BCUT2D eigenvalue weighted by Crippen LogP contribution is -2.44. The number of nitrogens with one attached hydrogen (secondary N) is 3. The van der Waals surface area contributed by atoms with E-state index in [0.29, 0.717) is 6.54 Å². The highest BCUT2D eigenvalue weighted by molar-refractivity contribution is 7.10. The first kappa shape index (κ1) is 20.4. The Hall–Kier alpha value is -2.89. The molecule has 0 saturated heterocycles. The number of rotatable bonds is 8. The number of aromatic amines is 1. The Bertz CT molecular complexity index is 1090. The lowest BCUT2D eigenvalue weighted by Gasteiger charge is -2.22. The lowest BCUT2D eigenvalue weighted by atomic mass is 9.96. The van der Waals surface area contributed by atoms with Gasteiger partial charge in [-0.05, 0) is 42.5 Å². The zero-order chi connectivity index (χ0) is 20.9. The van der Waals surface area contributed by atoms with Gasteiger partial charge in [0, 0.05) is 34.4 Å². The molecule has 2 heterocycles. The predicted molar refractivity (Wildman–Crippen MR) is 125 cm³/mol. The minimum absolute atomic E-state index is 0.00945. The van der Waals surface area contributed by atoms with Crippen molar-refractivity contribution in [2.45, 2.75) is 31.8 Å². The molecule has 4 aromatic rings. The third kappa shape index (κ3) is 4.48. The molecule has 0 aliphatic rings. The summed E-state index contributed by atoms with van der Waals surface area (Å²) in [5, 5.41) is 9.91. The molecule has 3 atom stereocenters. The van der Waals surface area contributed by atoms with Gasteiger partial charge in [0.15, 0.2) is 0 Å². The summed E-state index contributed by atoms with van der Waals surface area (Å²) >= 11 is 1.75. The van der Waals surface area contributed by atoms with Crippen molar-refractivity contribution in [3.63, 3.8) is 0 Å². The van der Waals surface area contributed by atoms with E-state index in [-0.39, 0.29) is 23.9 Å². The Balaban J connectivity index is 1.46. The molecular weight excluding hydrogens is 390 g/mol. The maximum atomic E-state index is 12.7. The number of carbonyl (C=O) groups is 1. The van der Waals surface area contributed by atoms with Crippen molar-refractivity contribution in [3.05, 3.63) is 94.3 Å². The Labute approximate surface area is 181 Å². The fourth-order valence-corrected chi connectivity index (χ4v) is 4.63. The van der Waals surface area contributed by atoms with Gasteiger partial charge in [-0.25, -0.2) is 0 Å². The van der Waals surface area contributed by atoms with Crippen LogP contribution in [0.15, 0.2) is 78.3 Å². The lowest BCUT2D eigenvalue weighted by molar-refractivity contribution is -0.123. The smallest absolute Gasteiger partial charge is 0.237 e. The molecule has 0 aliphatic carbocycles. The van der Waals surface area contributed by atoms with Gasteiger partial charge in [0.1, 0.15) is 0 Å². The maximum absolute atomic E-state index is 12.7. The Morgan fingerprint density at radius 1 is 1.00 bits per heavy atom. The number of aromatic nitrogens is 1. The topological polar surface area (TPSA) is 56.9 Å². The number of benzene rings is 2. The van der Waals surface area contributed by atoms with Crippen LogP contribution >= 0.6 is 11.3 Å². The molecule has 4 nitrogen and oxygen atoms in total. The van der Waals surface area contributed by atoms with Crippen molar-refractivity contribution in [3.8, 4) is 0 Å². The van der Waals surface area contributed by atoms with Gasteiger partial charge in [-0.15, -0.1) is 11.3 Å². The van der Waals surface area contributed by atoms with E-state index in [4.69, 9.17) is 0 Å². The van der Waals surface area contributed by atoms with Crippen molar-refractivity contribution in [1.82, 2.24) is 15.6 Å². The van der Waals surface area contributed by atoms with Crippen LogP contribution < -0.4 is 10.6 Å². The van der Waals surface area contributed by atoms with Crippen molar-refractivity contribution in [1.29, 1.82) is 0 Å². The first-order chi connectivity index (χ1) is 14.6. The summed E-state index contributed by atoms with van der Waals surface area (Å²) in [6.45, 7) is 4.63. The monoisotopic (exact) mass is 417 g/mol. The van der Waals surface area contributed by atoms with Gasteiger partial charge in [-0.1, -0.05) is 54.6 Å². The number of hydrogen-bond acceptors (Lipinski definition) is 3. The van der Waals surface area contributed by atoms with Gasteiger partial charge in [0.2, 0.25) is 5.91 Å². The quantitative estimate of drug-likeness (QED) is 0.368. The minimum atomic E-state index is -0.288. The number of thiophene rings is 1. The zero-order valence-electron chi connectivity index (χ0n) is 17.3. The average molecular weight is 418 g/mol. The van der Waals surface area contributed by atoms with Crippen molar-refractivity contribution >= 4 is 28.1 Å². The number of H-pyrrole nitrogens is 1. The normalized spacial score (nSPS) is 14.3. The average Bonchev–Trinajstić information content (AvgIpc) is 3.45. The third-order valence-corrected chi connectivity index (χ3v) is 6.55. The van der Waals surface area contributed by atoms with E-state index in [1.165, 1.54) is 15.8 Å².